The van der Waals surface area contributed by atoms with Gasteiger partial charge < -0.3 is 5.32 Å². The second kappa shape index (κ2) is 2.30. The van der Waals surface area contributed by atoms with E-state index in [9.17, 15) is 0 Å². The van der Waals surface area contributed by atoms with Crippen molar-refractivity contribution in [3.05, 3.63) is 12.3 Å². The molecule has 2 aliphatic rings. The second-order valence-electron chi connectivity index (χ2n) is 3.60. The summed E-state index contributed by atoms with van der Waals surface area (Å²) in [5.41, 5.74) is 1.27. The van der Waals surface area contributed by atoms with Crippen molar-refractivity contribution in [1.82, 2.24) is 5.32 Å². The zero-order valence-electron chi connectivity index (χ0n) is 6.40. The smallest absolute Gasteiger partial charge is 0.0290 e. The van der Waals surface area contributed by atoms with E-state index in [1.807, 2.05) is 0 Å². The summed E-state index contributed by atoms with van der Waals surface area (Å²) >= 11 is 0. The Morgan fingerprint density at radius 2 is 2.10 bits per heavy atom. The predicted molar refractivity (Wildman–Crippen MR) is 42.6 cm³/mol. The molecule has 2 fully saturated rings. The fourth-order valence-corrected chi connectivity index (χ4v) is 2.28. The second-order valence-corrected chi connectivity index (χ2v) is 3.60. The first-order valence-electron chi connectivity index (χ1n) is 4.30. The average Bonchev–Trinajstić information content (AvgIpc) is 2.27. The van der Waals surface area contributed by atoms with Crippen LogP contribution in [0.5, 0.6) is 0 Å². The lowest BCUT2D eigenvalue weighted by Gasteiger charge is -2.23. The van der Waals surface area contributed by atoms with Gasteiger partial charge in [-0.2, -0.15) is 0 Å². The summed E-state index contributed by atoms with van der Waals surface area (Å²) in [7, 11) is 0. The molecule has 1 aliphatic carbocycles. The quantitative estimate of drug-likeness (QED) is 0.539. The lowest BCUT2D eigenvalue weighted by Crippen LogP contribution is -2.28. The summed E-state index contributed by atoms with van der Waals surface area (Å²) in [4.78, 5) is 0. The maximum Gasteiger partial charge on any atom is 0.0290 e. The molecule has 2 unspecified atom stereocenters. The molecule has 2 atom stereocenters. The Morgan fingerprint density at radius 1 is 1.30 bits per heavy atom. The Balaban J connectivity index is 2.04. The maximum atomic E-state index is 3.97. The van der Waals surface area contributed by atoms with Gasteiger partial charge in [-0.25, -0.2) is 0 Å². The highest BCUT2D eigenvalue weighted by Crippen LogP contribution is 2.33. The standard InChI is InChI=1S/C9H15N/c1-7-6-8-4-2-3-5-9(8)10-7/h8-10H,1-6H2. The van der Waals surface area contributed by atoms with Crippen molar-refractivity contribution >= 4 is 0 Å². The van der Waals surface area contributed by atoms with Gasteiger partial charge in [0.1, 0.15) is 0 Å². The van der Waals surface area contributed by atoms with Gasteiger partial charge in [0.2, 0.25) is 0 Å². The molecule has 0 bridgehead atoms. The van der Waals surface area contributed by atoms with E-state index >= 15 is 0 Å². The fourth-order valence-electron chi connectivity index (χ4n) is 2.28. The van der Waals surface area contributed by atoms with E-state index in [4.69, 9.17) is 0 Å². The van der Waals surface area contributed by atoms with Crippen LogP contribution in [0.3, 0.4) is 0 Å². The van der Waals surface area contributed by atoms with Crippen molar-refractivity contribution in [2.45, 2.75) is 38.1 Å². The molecule has 10 heavy (non-hydrogen) atoms. The molecule has 1 saturated heterocycles. The topological polar surface area (TPSA) is 12.0 Å². The van der Waals surface area contributed by atoms with Gasteiger partial charge in [0.25, 0.3) is 0 Å². The minimum absolute atomic E-state index is 0.793. The van der Waals surface area contributed by atoms with Crippen molar-refractivity contribution < 1.29 is 0 Å². The molecule has 1 aliphatic heterocycles. The average molecular weight is 137 g/mol. The van der Waals surface area contributed by atoms with Crippen LogP contribution >= 0.6 is 0 Å². The third kappa shape index (κ3) is 0.938. The lowest BCUT2D eigenvalue weighted by molar-refractivity contribution is 0.326. The first-order chi connectivity index (χ1) is 4.86. The molecular formula is C9H15N. The van der Waals surface area contributed by atoms with Crippen molar-refractivity contribution in [2.75, 3.05) is 0 Å². The summed E-state index contributed by atoms with van der Waals surface area (Å²) in [5.74, 6) is 0.932. The summed E-state index contributed by atoms with van der Waals surface area (Å²) in [6, 6.07) is 0.793. The van der Waals surface area contributed by atoms with Crippen LogP contribution in [0.4, 0.5) is 0 Å². The van der Waals surface area contributed by atoms with E-state index in [-0.39, 0.29) is 0 Å². The van der Waals surface area contributed by atoms with Crippen LogP contribution in [-0.2, 0) is 0 Å². The number of fused-ring (bicyclic) bond motifs is 1. The minimum Gasteiger partial charge on any atom is -0.386 e. The summed E-state index contributed by atoms with van der Waals surface area (Å²) in [6.07, 6.45) is 6.91. The van der Waals surface area contributed by atoms with E-state index in [0.29, 0.717) is 0 Å². The molecule has 0 spiro atoms. The molecule has 1 N–H and O–H groups in total. The Labute approximate surface area is 62.5 Å². The van der Waals surface area contributed by atoms with Crippen molar-refractivity contribution in [2.24, 2.45) is 5.92 Å². The van der Waals surface area contributed by atoms with Gasteiger partial charge in [-0.3, -0.25) is 0 Å². The van der Waals surface area contributed by atoms with Crippen molar-refractivity contribution in [3.63, 3.8) is 0 Å². The molecule has 1 nitrogen and oxygen atoms in total. The molecule has 0 aromatic rings. The van der Waals surface area contributed by atoms with Crippen LogP contribution in [0.2, 0.25) is 0 Å². The normalized spacial score (nSPS) is 39.0. The van der Waals surface area contributed by atoms with E-state index < -0.39 is 0 Å². The van der Waals surface area contributed by atoms with Gasteiger partial charge in [0.05, 0.1) is 0 Å². The number of nitrogens with one attached hydrogen (secondary N) is 1. The first-order valence-corrected chi connectivity index (χ1v) is 4.30. The maximum absolute atomic E-state index is 3.97. The van der Waals surface area contributed by atoms with Crippen LogP contribution in [0.15, 0.2) is 12.3 Å². The molecule has 0 aromatic heterocycles. The minimum atomic E-state index is 0.793. The molecule has 56 valence electrons. The van der Waals surface area contributed by atoms with Crippen LogP contribution in [0.25, 0.3) is 0 Å². The molecule has 1 saturated carbocycles. The van der Waals surface area contributed by atoms with Crippen LogP contribution < -0.4 is 5.32 Å². The SMILES string of the molecule is C=C1CC2CCCCC2N1. The highest BCUT2D eigenvalue weighted by molar-refractivity contribution is 5.06. The van der Waals surface area contributed by atoms with Gasteiger partial charge in [0.15, 0.2) is 0 Å². The molecule has 0 radical (unpaired) electrons. The molecule has 2 rings (SSSR count). The van der Waals surface area contributed by atoms with Crippen LogP contribution in [0, 0.1) is 5.92 Å². The third-order valence-electron chi connectivity index (χ3n) is 2.81. The number of allylic oxidation sites excluding steroid dienone is 1. The number of hydrogen-bond acceptors (Lipinski definition) is 1. The highest BCUT2D eigenvalue weighted by Gasteiger charge is 2.30. The Morgan fingerprint density at radius 3 is 2.90 bits per heavy atom. The molecular weight excluding hydrogens is 122 g/mol. The van der Waals surface area contributed by atoms with E-state index in [0.717, 1.165) is 12.0 Å². The van der Waals surface area contributed by atoms with E-state index in [1.54, 1.807) is 0 Å². The predicted octanol–water partition coefficient (Wildman–Crippen LogP) is 2.05. The van der Waals surface area contributed by atoms with Gasteiger partial charge in [-0.1, -0.05) is 19.4 Å². The van der Waals surface area contributed by atoms with Gasteiger partial charge >= 0.3 is 0 Å². The van der Waals surface area contributed by atoms with Gasteiger partial charge in [0, 0.05) is 11.7 Å². The summed E-state index contributed by atoms with van der Waals surface area (Å²) < 4.78 is 0. The van der Waals surface area contributed by atoms with E-state index in [1.165, 1.54) is 37.8 Å². The van der Waals surface area contributed by atoms with Crippen LogP contribution in [0.1, 0.15) is 32.1 Å². The monoisotopic (exact) mass is 137 g/mol. The summed E-state index contributed by atoms with van der Waals surface area (Å²) in [6.45, 7) is 3.97. The first kappa shape index (κ1) is 6.26. The Bertz CT molecular complexity index is 135. The van der Waals surface area contributed by atoms with Gasteiger partial charge in [-0.15, -0.1) is 0 Å². The molecule has 0 aromatic carbocycles. The molecule has 1 heteroatoms. The van der Waals surface area contributed by atoms with E-state index in [2.05, 4.69) is 11.9 Å². The van der Waals surface area contributed by atoms with Gasteiger partial charge in [-0.05, 0) is 25.2 Å². The summed E-state index contributed by atoms with van der Waals surface area (Å²) in [5, 5.41) is 3.46. The molecule has 1 heterocycles. The third-order valence-corrected chi connectivity index (χ3v) is 2.81. The largest absolute Gasteiger partial charge is 0.386 e. The Kier molecular flexibility index (Phi) is 1.44. The Hall–Kier alpha value is -0.460. The lowest BCUT2D eigenvalue weighted by atomic mass is 9.85. The zero-order valence-corrected chi connectivity index (χ0v) is 6.40. The van der Waals surface area contributed by atoms with Crippen LogP contribution in [-0.4, -0.2) is 6.04 Å². The zero-order chi connectivity index (χ0) is 6.97. The van der Waals surface area contributed by atoms with Crippen molar-refractivity contribution in [3.8, 4) is 0 Å². The number of rotatable bonds is 0. The fraction of sp³-hybridized carbons (Fsp3) is 0.778. The van der Waals surface area contributed by atoms with Crippen molar-refractivity contribution in [1.29, 1.82) is 0 Å². The molecule has 0 amide bonds. The number of hydrogen-bond donors (Lipinski definition) is 1. The highest BCUT2D eigenvalue weighted by atomic mass is 15.0.